The van der Waals surface area contributed by atoms with Crippen LogP contribution in [0.2, 0.25) is 0 Å². The summed E-state index contributed by atoms with van der Waals surface area (Å²) in [6.07, 6.45) is 0. The van der Waals surface area contributed by atoms with Crippen molar-refractivity contribution in [2.45, 2.75) is 6.54 Å². The van der Waals surface area contributed by atoms with Crippen LogP contribution in [0, 0.1) is 0 Å². The quantitative estimate of drug-likeness (QED) is 0.762. The highest BCUT2D eigenvalue weighted by atomic mass is 16.5. The van der Waals surface area contributed by atoms with E-state index in [1.54, 1.807) is 33.5 Å². The molecule has 0 spiro atoms. The Kier molecular flexibility index (Phi) is 5.26. The molecule has 18 heavy (non-hydrogen) atoms. The van der Waals surface area contributed by atoms with Crippen molar-refractivity contribution in [3.8, 4) is 17.2 Å². The molecule has 6 nitrogen and oxygen atoms in total. The lowest BCUT2D eigenvalue weighted by molar-refractivity contribution is -0.119. The second-order valence-electron chi connectivity index (χ2n) is 3.50. The number of benzene rings is 1. The molecule has 0 saturated carbocycles. The lowest BCUT2D eigenvalue weighted by Crippen LogP contribution is -2.29. The number of amides is 1. The lowest BCUT2D eigenvalue weighted by Gasteiger charge is -2.14. The van der Waals surface area contributed by atoms with Crippen LogP contribution in [0.5, 0.6) is 17.2 Å². The molecule has 1 rings (SSSR count). The number of carbonyl (C=O) groups excluding carboxylic acids is 1. The summed E-state index contributed by atoms with van der Waals surface area (Å²) in [6.45, 7) is 0.273. The number of nitrogens with one attached hydrogen (secondary N) is 1. The van der Waals surface area contributed by atoms with Crippen LogP contribution in [0.3, 0.4) is 0 Å². The van der Waals surface area contributed by atoms with Crippen LogP contribution >= 0.6 is 0 Å². The molecule has 0 heterocycles. The molecule has 0 atom stereocenters. The molecule has 0 unspecified atom stereocenters. The molecule has 0 aromatic heterocycles. The van der Waals surface area contributed by atoms with E-state index in [9.17, 15) is 4.79 Å². The Morgan fingerprint density at radius 3 is 2.17 bits per heavy atom. The highest BCUT2D eigenvalue weighted by molar-refractivity contribution is 5.77. The Hall–Kier alpha value is -1.95. The number of ether oxygens (including phenoxy) is 3. The fourth-order valence-electron chi connectivity index (χ4n) is 1.50. The Labute approximate surface area is 106 Å². The number of methoxy groups -OCH3 is 3. The SMILES string of the molecule is COc1cc(OC)c(OC)cc1CNC(=O)CN. The van der Waals surface area contributed by atoms with Gasteiger partial charge in [0.2, 0.25) is 5.91 Å². The van der Waals surface area contributed by atoms with E-state index >= 15 is 0 Å². The summed E-state index contributed by atoms with van der Waals surface area (Å²) in [5.74, 6) is 1.54. The number of carbonyl (C=O) groups is 1. The van der Waals surface area contributed by atoms with Gasteiger partial charge in [-0.3, -0.25) is 4.79 Å². The maximum atomic E-state index is 11.1. The lowest BCUT2D eigenvalue weighted by atomic mass is 10.1. The Morgan fingerprint density at radius 1 is 1.11 bits per heavy atom. The first kappa shape index (κ1) is 14.1. The van der Waals surface area contributed by atoms with Gasteiger partial charge in [-0.25, -0.2) is 0 Å². The zero-order valence-corrected chi connectivity index (χ0v) is 10.8. The molecule has 0 saturated heterocycles. The van der Waals surface area contributed by atoms with E-state index in [1.165, 1.54) is 0 Å². The first-order valence-corrected chi connectivity index (χ1v) is 5.41. The fraction of sp³-hybridized carbons (Fsp3) is 0.417. The summed E-state index contributed by atoms with van der Waals surface area (Å²) in [4.78, 5) is 11.1. The highest BCUT2D eigenvalue weighted by Crippen LogP contribution is 2.34. The first-order valence-electron chi connectivity index (χ1n) is 5.41. The normalized spacial score (nSPS) is 9.78. The van der Waals surface area contributed by atoms with E-state index in [-0.39, 0.29) is 12.5 Å². The third-order valence-corrected chi connectivity index (χ3v) is 2.45. The average molecular weight is 254 g/mol. The number of rotatable bonds is 6. The maximum absolute atomic E-state index is 11.1. The Morgan fingerprint density at radius 2 is 1.67 bits per heavy atom. The minimum Gasteiger partial charge on any atom is -0.496 e. The highest BCUT2D eigenvalue weighted by Gasteiger charge is 2.12. The van der Waals surface area contributed by atoms with Gasteiger partial charge in [0.1, 0.15) is 5.75 Å². The molecule has 0 aliphatic heterocycles. The van der Waals surface area contributed by atoms with Crippen molar-refractivity contribution in [2.75, 3.05) is 27.9 Å². The van der Waals surface area contributed by atoms with E-state index in [0.717, 1.165) is 5.56 Å². The number of hydrogen-bond acceptors (Lipinski definition) is 5. The molecule has 1 amide bonds. The van der Waals surface area contributed by atoms with Crippen molar-refractivity contribution in [3.05, 3.63) is 17.7 Å². The topological polar surface area (TPSA) is 82.8 Å². The minimum atomic E-state index is -0.230. The van der Waals surface area contributed by atoms with Crippen molar-refractivity contribution < 1.29 is 19.0 Å². The Balaban J connectivity index is 2.98. The molecule has 0 aliphatic rings. The number of hydrogen-bond donors (Lipinski definition) is 2. The second kappa shape index (κ2) is 6.70. The van der Waals surface area contributed by atoms with Crippen LogP contribution in [0.1, 0.15) is 5.56 Å². The summed E-state index contributed by atoms with van der Waals surface area (Å²) < 4.78 is 15.6. The third kappa shape index (κ3) is 3.27. The van der Waals surface area contributed by atoms with Crippen molar-refractivity contribution >= 4 is 5.91 Å². The van der Waals surface area contributed by atoms with Gasteiger partial charge in [0, 0.05) is 18.2 Å². The predicted octanol–water partition coefficient (Wildman–Crippen LogP) is 0.287. The van der Waals surface area contributed by atoms with Crippen LogP contribution < -0.4 is 25.3 Å². The molecule has 0 bridgehead atoms. The van der Waals surface area contributed by atoms with E-state index in [1.807, 2.05) is 0 Å². The van der Waals surface area contributed by atoms with Gasteiger partial charge in [-0.2, -0.15) is 0 Å². The van der Waals surface area contributed by atoms with Gasteiger partial charge in [-0.05, 0) is 6.07 Å². The smallest absolute Gasteiger partial charge is 0.234 e. The van der Waals surface area contributed by atoms with Crippen molar-refractivity contribution in [1.82, 2.24) is 5.32 Å². The van der Waals surface area contributed by atoms with E-state index < -0.39 is 0 Å². The molecule has 0 aliphatic carbocycles. The van der Waals surface area contributed by atoms with E-state index in [4.69, 9.17) is 19.9 Å². The second-order valence-corrected chi connectivity index (χ2v) is 3.50. The average Bonchev–Trinajstić information content (AvgIpc) is 2.43. The summed E-state index contributed by atoms with van der Waals surface area (Å²) >= 11 is 0. The maximum Gasteiger partial charge on any atom is 0.234 e. The summed E-state index contributed by atoms with van der Waals surface area (Å²) in [5.41, 5.74) is 6.01. The van der Waals surface area contributed by atoms with Crippen LogP contribution in [0.25, 0.3) is 0 Å². The monoisotopic (exact) mass is 254 g/mol. The molecule has 3 N–H and O–H groups in total. The van der Waals surface area contributed by atoms with Gasteiger partial charge in [0.25, 0.3) is 0 Å². The fourth-order valence-corrected chi connectivity index (χ4v) is 1.50. The molecule has 6 heteroatoms. The van der Waals surface area contributed by atoms with Gasteiger partial charge >= 0.3 is 0 Å². The van der Waals surface area contributed by atoms with Gasteiger partial charge in [-0.1, -0.05) is 0 Å². The molecule has 0 radical (unpaired) electrons. The standard InChI is InChI=1S/C12H18N2O4/c1-16-9-5-11(18-3)10(17-2)4-8(9)7-14-12(15)6-13/h4-5H,6-7,13H2,1-3H3,(H,14,15). The summed E-state index contributed by atoms with van der Waals surface area (Å²) in [6, 6.07) is 3.47. The van der Waals surface area contributed by atoms with Gasteiger partial charge in [0.05, 0.1) is 27.9 Å². The molecule has 1 aromatic carbocycles. The predicted molar refractivity (Wildman–Crippen MR) is 67.0 cm³/mol. The summed E-state index contributed by atoms with van der Waals surface area (Å²) in [7, 11) is 4.65. The Bertz CT molecular complexity index is 421. The number of nitrogens with two attached hydrogens (primary N) is 1. The van der Waals surface area contributed by atoms with Gasteiger partial charge in [-0.15, -0.1) is 0 Å². The van der Waals surface area contributed by atoms with Crippen LogP contribution in [0.15, 0.2) is 12.1 Å². The van der Waals surface area contributed by atoms with Crippen LogP contribution in [-0.4, -0.2) is 33.8 Å². The summed E-state index contributed by atoms with van der Waals surface area (Å²) in [5, 5.41) is 2.67. The van der Waals surface area contributed by atoms with E-state index in [2.05, 4.69) is 5.32 Å². The zero-order chi connectivity index (χ0) is 13.5. The van der Waals surface area contributed by atoms with Crippen LogP contribution in [-0.2, 0) is 11.3 Å². The van der Waals surface area contributed by atoms with Gasteiger partial charge < -0.3 is 25.3 Å². The molecule has 1 aromatic rings. The van der Waals surface area contributed by atoms with Crippen molar-refractivity contribution in [1.29, 1.82) is 0 Å². The molecule has 100 valence electrons. The first-order chi connectivity index (χ1) is 8.65. The van der Waals surface area contributed by atoms with Crippen molar-refractivity contribution in [2.24, 2.45) is 5.73 Å². The van der Waals surface area contributed by atoms with Gasteiger partial charge in [0.15, 0.2) is 11.5 Å². The largest absolute Gasteiger partial charge is 0.496 e. The minimum absolute atomic E-state index is 0.0460. The third-order valence-electron chi connectivity index (χ3n) is 2.45. The van der Waals surface area contributed by atoms with E-state index in [0.29, 0.717) is 23.8 Å². The molecule has 0 fully saturated rings. The van der Waals surface area contributed by atoms with Crippen LogP contribution in [0.4, 0.5) is 0 Å². The zero-order valence-electron chi connectivity index (χ0n) is 10.8. The molecular formula is C12H18N2O4. The van der Waals surface area contributed by atoms with Crippen molar-refractivity contribution in [3.63, 3.8) is 0 Å². The molecular weight excluding hydrogens is 236 g/mol.